The Balaban J connectivity index is 1.40. The number of halogens is 2. The number of nitrogens with zero attached hydrogens (tertiary/aromatic N) is 2. The number of hydrogen-bond acceptors (Lipinski definition) is 4. The minimum absolute atomic E-state index is 0.0905. The van der Waals surface area contributed by atoms with E-state index in [1.165, 1.54) is 12.1 Å². The van der Waals surface area contributed by atoms with Crippen LogP contribution in [0.15, 0.2) is 36.5 Å². The van der Waals surface area contributed by atoms with E-state index in [9.17, 15) is 14.3 Å². The molecule has 0 bridgehead atoms. The zero-order chi connectivity index (χ0) is 19.0. The number of aliphatic hydroxyl groups is 1. The Hall–Kier alpha value is -1.82. The molecule has 1 saturated heterocycles. The third kappa shape index (κ3) is 3.91. The molecule has 0 saturated carbocycles. The SMILES string of the molecule is O=C1C[C@H](CN2CC[C@H](c3ccc(F)cc3Cl)[C@@H](O)C2)Cc2cccnc21. The summed E-state index contributed by atoms with van der Waals surface area (Å²) in [7, 11) is 0. The number of carbonyl (C=O) groups is 1. The van der Waals surface area contributed by atoms with Gasteiger partial charge in [0, 0.05) is 36.6 Å². The van der Waals surface area contributed by atoms with Crippen LogP contribution < -0.4 is 0 Å². The van der Waals surface area contributed by atoms with E-state index < -0.39 is 6.10 Å². The Morgan fingerprint density at radius 2 is 2.15 bits per heavy atom. The van der Waals surface area contributed by atoms with Gasteiger partial charge in [0.15, 0.2) is 5.78 Å². The highest BCUT2D eigenvalue weighted by molar-refractivity contribution is 6.31. The molecule has 0 amide bonds. The Kier molecular flexibility index (Phi) is 5.26. The summed E-state index contributed by atoms with van der Waals surface area (Å²) in [6.45, 7) is 2.13. The number of rotatable bonds is 3. The van der Waals surface area contributed by atoms with E-state index >= 15 is 0 Å². The van der Waals surface area contributed by atoms with Crippen LogP contribution in [0.4, 0.5) is 4.39 Å². The molecule has 0 radical (unpaired) electrons. The number of hydrogen-bond donors (Lipinski definition) is 1. The van der Waals surface area contributed by atoms with Crippen molar-refractivity contribution < 1.29 is 14.3 Å². The summed E-state index contributed by atoms with van der Waals surface area (Å²) in [5.74, 6) is -0.109. The number of pyridine rings is 1. The first-order chi connectivity index (χ1) is 13.0. The molecular weight excluding hydrogens is 367 g/mol. The zero-order valence-corrected chi connectivity index (χ0v) is 15.7. The second-order valence-corrected chi connectivity index (χ2v) is 8.00. The van der Waals surface area contributed by atoms with E-state index in [2.05, 4.69) is 9.88 Å². The predicted octanol–water partition coefficient (Wildman–Crippen LogP) is 3.47. The molecule has 0 unspecified atom stereocenters. The first kappa shape index (κ1) is 18.5. The molecule has 2 aliphatic rings. The van der Waals surface area contributed by atoms with E-state index in [0.29, 0.717) is 23.7 Å². The molecule has 2 heterocycles. The first-order valence-corrected chi connectivity index (χ1v) is 9.71. The third-order valence-corrected chi connectivity index (χ3v) is 6.01. The lowest BCUT2D eigenvalue weighted by Crippen LogP contribution is -2.45. The normalized spacial score (nSPS) is 26.0. The van der Waals surface area contributed by atoms with Crippen LogP contribution in [-0.2, 0) is 6.42 Å². The van der Waals surface area contributed by atoms with Gasteiger partial charge in [-0.1, -0.05) is 23.7 Å². The van der Waals surface area contributed by atoms with Crippen molar-refractivity contribution in [2.45, 2.75) is 31.3 Å². The number of fused-ring (bicyclic) bond motifs is 1. The Morgan fingerprint density at radius 1 is 1.30 bits per heavy atom. The summed E-state index contributed by atoms with van der Waals surface area (Å²) in [5, 5.41) is 11.0. The van der Waals surface area contributed by atoms with Crippen LogP contribution in [0, 0.1) is 11.7 Å². The minimum atomic E-state index is -0.560. The van der Waals surface area contributed by atoms with Gasteiger partial charge >= 0.3 is 0 Å². The third-order valence-electron chi connectivity index (χ3n) is 5.68. The van der Waals surface area contributed by atoms with Crippen LogP contribution in [-0.4, -0.2) is 46.5 Å². The van der Waals surface area contributed by atoms with E-state index in [4.69, 9.17) is 11.6 Å². The number of benzene rings is 1. The average Bonchev–Trinajstić information content (AvgIpc) is 2.63. The highest BCUT2D eigenvalue weighted by Crippen LogP contribution is 2.34. The average molecular weight is 389 g/mol. The van der Waals surface area contributed by atoms with E-state index in [-0.39, 0.29) is 23.4 Å². The summed E-state index contributed by atoms with van der Waals surface area (Å²) < 4.78 is 13.3. The molecule has 4 nitrogen and oxygen atoms in total. The van der Waals surface area contributed by atoms with Crippen molar-refractivity contribution in [1.29, 1.82) is 0 Å². The molecule has 27 heavy (non-hydrogen) atoms. The predicted molar refractivity (Wildman–Crippen MR) is 102 cm³/mol. The number of Topliss-reactive ketones (excluding diaryl/α,β-unsaturated/α-hetero) is 1. The molecular formula is C21H22ClFN2O2. The zero-order valence-electron chi connectivity index (χ0n) is 14.9. The van der Waals surface area contributed by atoms with Gasteiger partial charge in [-0.2, -0.15) is 0 Å². The van der Waals surface area contributed by atoms with Crippen LogP contribution in [0.25, 0.3) is 0 Å². The quantitative estimate of drug-likeness (QED) is 0.874. The van der Waals surface area contributed by atoms with Crippen molar-refractivity contribution in [3.63, 3.8) is 0 Å². The maximum absolute atomic E-state index is 13.3. The molecule has 1 aromatic carbocycles. The fraction of sp³-hybridized carbons (Fsp3) is 0.429. The maximum Gasteiger partial charge on any atom is 0.181 e. The maximum atomic E-state index is 13.3. The molecule has 1 aliphatic heterocycles. The van der Waals surface area contributed by atoms with Gasteiger partial charge in [-0.25, -0.2) is 4.39 Å². The Bertz CT molecular complexity index is 860. The Labute approximate surface area is 163 Å². The lowest BCUT2D eigenvalue weighted by atomic mass is 9.83. The van der Waals surface area contributed by atoms with Gasteiger partial charge in [0.05, 0.1) is 6.10 Å². The minimum Gasteiger partial charge on any atom is -0.391 e. The molecule has 142 valence electrons. The van der Waals surface area contributed by atoms with Crippen LogP contribution in [0.1, 0.15) is 40.4 Å². The van der Waals surface area contributed by atoms with E-state index in [1.54, 1.807) is 12.3 Å². The summed E-state index contributed by atoms with van der Waals surface area (Å²) in [4.78, 5) is 18.8. The molecule has 6 heteroatoms. The highest BCUT2D eigenvalue weighted by Gasteiger charge is 2.33. The molecule has 1 N–H and O–H groups in total. The van der Waals surface area contributed by atoms with Gasteiger partial charge in [-0.15, -0.1) is 0 Å². The van der Waals surface area contributed by atoms with Crippen LogP contribution in [0.2, 0.25) is 5.02 Å². The smallest absolute Gasteiger partial charge is 0.181 e. The lowest BCUT2D eigenvalue weighted by Gasteiger charge is -2.38. The Morgan fingerprint density at radius 3 is 2.93 bits per heavy atom. The number of β-amino-alcohol motifs (C(OH)–C–C–N with tert-alkyl or cyclic N) is 1. The number of aliphatic hydroxyl groups excluding tert-OH is 1. The topological polar surface area (TPSA) is 53.4 Å². The number of carbonyl (C=O) groups excluding carboxylic acids is 1. The molecule has 3 atom stereocenters. The summed E-state index contributed by atoms with van der Waals surface area (Å²) in [6.07, 6.45) is 3.21. The van der Waals surface area contributed by atoms with Gasteiger partial charge in [-0.05, 0) is 54.6 Å². The van der Waals surface area contributed by atoms with Gasteiger partial charge in [-0.3, -0.25) is 9.78 Å². The molecule has 1 aromatic heterocycles. The largest absolute Gasteiger partial charge is 0.391 e. The van der Waals surface area contributed by atoms with Crippen LogP contribution >= 0.6 is 11.6 Å². The second-order valence-electron chi connectivity index (χ2n) is 7.60. The summed E-state index contributed by atoms with van der Waals surface area (Å²) in [6, 6.07) is 8.21. The van der Waals surface area contributed by atoms with Gasteiger partial charge in [0.25, 0.3) is 0 Å². The fourth-order valence-electron chi connectivity index (χ4n) is 4.42. The fourth-order valence-corrected chi connectivity index (χ4v) is 4.73. The number of aromatic nitrogens is 1. The van der Waals surface area contributed by atoms with Crippen molar-refractivity contribution in [1.82, 2.24) is 9.88 Å². The van der Waals surface area contributed by atoms with Gasteiger partial charge < -0.3 is 10.0 Å². The van der Waals surface area contributed by atoms with Crippen molar-refractivity contribution in [3.8, 4) is 0 Å². The van der Waals surface area contributed by atoms with Crippen molar-refractivity contribution >= 4 is 17.4 Å². The number of piperidine rings is 1. The molecule has 4 rings (SSSR count). The molecule has 1 aliphatic carbocycles. The summed E-state index contributed by atoms with van der Waals surface area (Å²) in [5.41, 5.74) is 2.43. The monoisotopic (exact) mass is 388 g/mol. The van der Waals surface area contributed by atoms with E-state index in [0.717, 1.165) is 37.1 Å². The standard InChI is InChI=1S/C21H22ClFN2O2/c22-18-10-15(23)3-4-16(18)17-5-7-25(12-20(17)27)11-13-8-14-2-1-6-24-21(14)19(26)9-13/h1-4,6,10,13,17,20,27H,5,7-9,11-12H2/t13-,17-,20+/m1/s1. The molecule has 2 aromatic rings. The van der Waals surface area contributed by atoms with Gasteiger partial charge in [0.2, 0.25) is 0 Å². The molecule has 1 fully saturated rings. The second kappa shape index (κ2) is 7.66. The van der Waals surface area contributed by atoms with Gasteiger partial charge in [0.1, 0.15) is 11.5 Å². The van der Waals surface area contributed by atoms with Crippen LogP contribution in [0.3, 0.4) is 0 Å². The van der Waals surface area contributed by atoms with Crippen molar-refractivity contribution in [2.75, 3.05) is 19.6 Å². The first-order valence-electron chi connectivity index (χ1n) is 9.33. The number of ketones is 1. The van der Waals surface area contributed by atoms with Crippen molar-refractivity contribution in [2.24, 2.45) is 5.92 Å². The molecule has 0 spiro atoms. The highest BCUT2D eigenvalue weighted by atomic mass is 35.5. The summed E-state index contributed by atoms with van der Waals surface area (Å²) >= 11 is 6.18. The lowest BCUT2D eigenvalue weighted by molar-refractivity contribution is 0.0423. The van der Waals surface area contributed by atoms with E-state index in [1.807, 2.05) is 12.1 Å². The van der Waals surface area contributed by atoms with Crippen LogP contribution in [0.5, 0.6) is 0 Å². The van der Waals surface area contributed by atoms with Crippen molar-refractivity contribution in [3.05, 3.63) is 64.2 Å². The number of likely N-dealkylation sites (tertiary alicyclic amines) is 1.